The summed E-state index contributed by atoms with van der Waals surface area (Å²) in [6, 6.07) is 10.5. The number of hydrogen-bond donors (Lipinski definition) is 1. The van der Waals surface area contributed by atoms with Crippen LogP contribution in [0.4, 0.5) is 4.39 Å². The summed E-state index contributed by atoms with van der Waals surface area (Å²) in [7, 11) is 0. The van der Waals surface area contributed by atoms with Gasteiger partial charge in [-0.3, -0.25) is 4.98 Å². The van der Waals surface area contributed by atoms with Crippen LogP contribution in [0.25, 0.3) is 17.2 Å². The minimum atomic E-state index is -0.489. The van der Waals surface area contributed by atoms with Crippen molar-refractivity contribution in [1.82, 2.24) is 4.98 Å². The summed E-state index contributed by atoms with van der Waals surface area (Å²) in [5.41, 5.74) is 9.21. The summed E-state index contributed by atoms with van der Waals surface area (Å²) in [6.45, 7) is 3.94. The van der Waals surface area contributed by atoms with Crippen molar-refractivity contribution in [2.24, 2.45) is 29.4 Å². The fourth-order valence-electron chi connectivity index (χ4n) is 6.06. The van der Waals surface area contributed by atoms with Gasteiger partial charge in [0.25, 0.3) is 0 Å². The second-order valence-corrected chi connectivity index (χ2v) is 9.69. The smallest absolute Gasteiger partial charge is 0.130 e. The molecule has 2 aliphatic carbocycles. The molecule has 2 aromatic rings. The normalized spacial score (nSPS) is 29.9. The van der Waals surface area contributed by atoms with Crippen LogP contribution >= 0.6 is 0 Å². The summed E-state index contributed by atoms with van der Waals surface area (Å²) in [5.74, 6) is 1.62. The maximum atomic E-state index is 13.5. The first-order chi connectivity index (χ1) is 14.9. The van der Waals surface area contributed by atoms with Gasteiger partial charge in [-0.15, -0.1) is 0 Å². The van der Waals surface area contributed by atoms with Gasteiger partial charge in [-0.1, -0.05) is 57.9 Å². The summed E-state index contributed by atoms with van der Waals surface area (Å²) < 4.78 is 13.5. The predicted octanol–water partition coefficient (Wildman–Crippen LogP) is 6.68. The Morgan fingerprint density at radius 1 is 1.22 bits per heavy atom. The Morgan fingerprint density at radius 3 is 2.69 bits per heavy atom. The SMILES string of the molecule is C.CC(=O)CC1C(C)CC2CCCCC2C1(N)/C=C/c1ccc(-c2cccc(F)c2)cn1. The zero-order chi connectivity index (χ0) is 22.0. The van der Waals surface area contributed by atoms with Crippen LogP contribution in [0, 0.1) is 29.5 Å². The highest BCUT2D eigenvalue weighted by Crippen LogP contribution is 2.51. The van der Waals surface area contributed by atoms with E-state index < -0.39 is 5.54 Å². The van der Waals surface area contributed by atoms with E-state index in [1.54, 1.807) is 19.2 Å². The Morgan fingerprint density at radius 2 is 2.00 bits per heavy atom. The molecule has 5 atom stereocenters. The third-order valence-corrected chi connectivity index (χ3v) is 7.55. The van der Waals surface area contributed by atoms with Gasteiger partial charge >= 0.3 is 0 Å². The molecule has 4 heteroatoms. The van der Waals surface area contributed by atoms with Gasteiger partial charge in [0.2, 0.25) is 0 Å². The Labute approximate surface area is 192 Å². The lowest BCUT2D eigenvalue weighted by Gasteiger charge is -2.54. The molecule has 5 unspecified atom stereocenters. The van der Waals surface area contributed by atoms with Gasteiger partial charge in [0.15, 0.2) is 0 Å². The molecule has 0 spiro atoms. The summed E-state index contributed by atoms with van der Waals surface area (Å²) >= 11 is 0. The fraction of sp³-hybridized carbons (Fsp3) is 0.500. The van der Waals surface area contributed by atoms with Crippen LogP contribution in [-0.4, -0.2) is 16.3 Å². The number of aromatic nitrogens is 1. The summed E-state index contributed by atoms with van der Waals surface area (Å²) in [5, 5.41) is 0. The average Bonchev–Trinajstić information content (AvgIpc) is 2.76. The first-order valence-electron chi connectivity index (χ1n) is 11.6. The second kappa shape index (κ2) is 10.1. The molecule has 3 nitrogen and oxygen atoms in total. The van der Waals surface area contributed by atoms with Gasteiger partial charge in [-0.05, 0) is 73.3 Å². The van der Waals surface area contributed by atoms with E-state index in [-0.39, 0.29) is 24.9 Å². The Bertz CT molecular complexity index is 954. The highest BCUT2D eigenvalue weighted by Gasteiger charge is 2.50. The third-order valence-electron chi connectivity index (χ3n) is 7.55. The molecule has 1 aromatic heterocycles. The van der Waals surface area contributed by atoms with Crippen LogP contribution in [0.1, 0.15) is 65.5 Å². The van der Waals surface area contributed by atoms with Gasteiger partial charge < -0.3 is 10.5 Å². The number of nitrogens with zero attached hydrogens (tertiary/aromatic N) is 1. The molecule has 2 fully saturated rings. The number of benzene rings is 1. The molecule has 0 amide bonds. The number of pyridine rings is 1. The molecule has 0 radical (unpaired) electrons. The zero-order valence-electron chi connectivity index (χ0n) is 18.6. The molecule has 172 valence electrons. The Balaban J connectivity index is 0.00000289. The van der Waals surface area contributed by atoms with Gasteiger partial charge in [0.1, 0.15) is 11.6 Å². The number of ketones is 1. The van der Waals surface area contributed by atoms with E-state index in [0.29, 0.717) is 24.2 Å². The standard InChI is InChI=1S/C27H33FN2O.CH4/c1-18-14-21-6-3-4-9-25(21)27(29,26(18)15-19(2)31)13-12-24-11-10-22(17-30-24)20-7-5-8-23(28)16-20;/h5,7-8,10-13,16-18,21,25-26H,3-4,6,9,14-15,29H2,1-2H3;1H4/b13-12+;. The van der Waals surface area contributed by atoms with Crippen LogP contribution in [0.2, 0.25) is 0 Å². The highest BCUT2D eigenvalue weighted by molar-refractivity contribution is 5.76. The number of nitrogens with two attached hydrogens (primary N) is 1. The van der Waals surface area contributed by atoms with Gasteiger partial charge in [-0.2, -0.15) is 0 Å². The van der Waals surface area contributed by atoms with Crippen LogP contribution in [0.15, 0.2) is 48.7 Å². The number of carbonyl (C=O) groups excluding carboxylic acids is 1. The summed E-state index contributed by atoms with van der Waals surface area (Å²) in [4.78, 5) is 16.6. The number of fused-ring (bicyclic) bond motifs is 1. The molecule has 2 saturated carbocycles. The van der Waals surface area contributed by atoms with Crippen molar-refractivity contribution in [1.29, 1.82) is 0 Å². The van der Waals surface area contributed by atoms with E-state index in [1.165, 1.54) is 37.8 Å². The van der Waals surface area contributed by atoms with Gasteiger partial charge in [-0.25, -0.2) is 4.39 Å². The molecule has 2 aliphatic rings. The largest absolute Gasteiger partial charge is 0.321 e. The Kier molecular flexibility index (Phi) is 7.66. The van der Waals surface area contributed by atoms with Gasteiger partial charge in [0.05, 0.1) is 5.69 Å². The second-order valence-electron chi connectivity index (χ2n) is 9.69. The van der Waals surface area contributed by atoms with Crippen LogP contribution in [0.5, 0.6) is 0 Å². The van der Waals surface area contributed by atoms with Crippen molar-refractivity contribution in [2.75, 3.05) is 0 Å². The van der Waals surface area contributed by atoms with Crippen molar-refractivity contribution in [2.45, 2.75) is 65.3 Å². The van der Waals surface area contributed by atoms with Crippen molar-refractivity contribution in [3.05, 3.63) is 60.2 Å². The first kappa shape index (κ1) is 24.3. The molecule has 0 aliphatic heterocycles. The van der Waals surface area contributed by atoms with Gasteiger partial charge in [0, 0.05) is 23.7 Å². The number of rotatable bonds is 5. The quantitative estimate of drug-likeness (QED) is 0.569. The average molecular weight is 437 g/mol. The van der Waals surface area contributed by atoms with E-state index in [0.717, 1.165) is 23.2 Å². The maximum absolute atomic E-state index is 13.5. The molecular formula is C28H37FN2O. The van der Waals surface area contributed by atoms with Crippen molar-refractivity contribution in [3.63, 3.8) is 0 Å². The number of Topliss-reactive ketones (excluding diaryl/α,β-unsaturated/α-hetero) is 1. The highest BCUT2D eigenvalue weighted by atomic mass is 19.1. The minimum Gasteiger partial charge on any atom is -0.321 e. The van der Waals surface area contributed by atoms with E-state index in [1.807, 2.05) is 24.3 Å². The van der Waals surface area contributed by atoms with Crippen molar-refractivity contribution in [3.8, 4) is 11.1 Å². The van der Waals surface area contributed by atoms with E-state index in [9.17, 15) is 9.18 Å². The Hall–Kier alpha value is -2.33. The molecule has 0 saturated heterocycles. The molecule has 1 heterocycles. The topological polar surface area (TPSA) is 56.0 Å². The lowest BCUT2D eigenvalue weighted by atomic mass is 9.53. The third kappa shape index (κ3) is 5.01. The summed E-state index contributed by atoms with van der Waals surface area (Å²) in [6.07, 6.45) is 12.5. The monoisotopic (exact) mass is 436 g/mol. The fourth-order valence-corrected chi connectivity index (χ4v) is 6.06. The van der Waals surface area contributed by atoms with Crippen LogP contribution < -0.4 is 5.73 Å². The van der Waals surface area contributed by atoms with E-state index >= 15 is 0 Å². The van der Waals surface area contributed by atoms with Crippen molar-refractivity contribution < 1.29 is 9.18 Å². The molecule has 4 rings (SSSR count). The molecule has 1 aromatic carbocycles. The van der Waals surface area contributed by atoms with E-state index in [4.69, 9.17) is 5.73 Å². The van der Waals surface area contributed by atoms with Crippen molar-refractivity contribution >= 4 is 11.9 Å². The van der Waals surface area contributed by atoms with E-state index in [2.05, 4.69) is 18.0 Å². The maximum Gasteiger partial charge on any atom is 0.130 e. The lowest BCUT2D eigenvalue weighted by Crippen LogP contribution is -2.60. The number of halogens is 1. The first-order valence-corrected chi connectivity index (χ1v) is 11.6. The molecule has 0 bridgehead atoms. The molecule has 2 N–H and O–H groups in total. The lowest BCUT2D eigenvalue weighted by molar-refractivity contribution is -0.120. The predicted molar refractivity (Wildman–Crippen MR) is 130 cm³/mol. The number of carbonyl (C=O) groups is 1. The number of hydrogen-bond acceptors (Lipinski definition) is 3. The van der Waals surface area contributed by atoms with Crippen LogP contribution in [0.3, 0.4) is 0 Å². The molecular weight excluding hydrogens is 399 g/mol. The minimum absolute atomic E-state index is 0. The van der Waals surface area contributed by atoms with Crippen LogP contribution in [-0.2, 0) is 4.79 Å². The molecule has 32 heavy (non-hydrogen) atoms. The zero-order valence-corrected chi connectivity index (χ0v) is 18.6.